The average molecular weight is 387 g/mol. The van der Waals surface area contributed by atoms with E-state index in [4.69, 9.17) is 16.3 Å². The maximum Gasteiger partial charge on any atom is 0.220 e. The molecular formula is C22H27ClN2O2. The topological polar surface area (TPSA) is 41.6 Å². The molecule has 1 N–H and O–H groups in total. The molecule has 3 rings (SSSR count). The lowest BCUT2D eigenvalue weighted by atomic mass is 10.0. The zero-order valence-corrected chi connectivity index (χ0v) is 16.3. The van der Waals surface area contributed by atoms with Crippen molar-refractivity contribution in [1.82, 2.24) is 10.2 Å². The van der Waals surface area contributed by atoms with Gasteiger partial charge < -0.3 is 10.1 Å². The molecule has 27 heavy (non-hydrogen) atoms. The predicted molar refractivity (Wildman–Crippen MR) is 109 cm³/mol. The van der Waals surface area contributed by atoms with Gasteiger partial charge >= 0.3 is 0 Å². The van der Waals surface area contributed by atoms with Crippen LogP contribution in [0.2, 0.25) is 5.02 Å². The van der Waals surface area contributed by atoms with E-state index in [1.807, 2.05) is 42.5 Å². The standard InChI is InChI=1S/C22H27ClN2O2/c23-19-10-8-18(9-11-19)17-25-14-12-20(13-15-25)24-22(26)7-4-16-27-21-5-2-1-3-6-21/h1-3,5-6,8-11,20H,4,7,12-17H2,(H,24,26). The van der Waals surface area contributed by atoms with Crippen LogP contribution in [0.4, 0.5) is 0 Å². The van der Waals surface area contributed by atoms with Crippen molar-refractivity contribution in [2.45, 2.75) is 38.3 Å². The Morgan fingerprint density at radius 2 is 1.78 bits per heavy atom. The molecule has 5 heteroatoms. The molecule has 0 radical (unpaired) electrons. The third-order valence-corrected chi connectivity index (χ3v) is 5.08. The van der Waals surface area contributed by atoms with E-state index in [0.717, 1.165) is 49.7 Å². The van der Waals surface area contributed by atoms with Gasteiger partial charge in [-0.1, -0.05) is 41.9 Å². The molecule has 1 saturated heterocycles. The molecule has 1 fully saturated rings. The van der Waals surface area contributed by atoms with Gasteiger partial charge in [-0.3, -0.25) is 9.69 Å². The third kappa shape index (κ3) is 6.89. The molecular weight excluding hydrogens is 360 g/mol. The highest BCUT2D eigenvalue weighted by Crippen LogP contribution is 2.16. The van der Waals surface area contributed by atoms with E-state index in [0.29, 0.717) is 13.0 Å². The van der Waals surface area contributed by atoms with Gasteiger partial charge in [0.15, 0.2) is 0 Å². The third-order valence-electron chi connectivity index (χ3n) is 4.83. The number of likely N-dealkylation sites (tertiary alicyclic amines) is 1. The fourth-order valence-corrected chi connectivity index (χ4v) is 3.45. The maximum absolute atomic E-state index is 12.1. The van der Waals surface area contributed by atoms with Crippen LogP contribution in [0.25, 0.3) is 0 Å². The van der Waals surface area contributed by atoms with E-state index in [1.54, 1.807) is 0 Å². The Hall–Kier alpha value is -2.04. The van der Waals surface area contributed by atoms with Crippen molar-refractivity contribution < 1.29 is 9.53 Å². The number of para-hydroxylation sites is 1. The summed E-state index contributed by atoms with van der Waals surface area (Å²) in [5, 5.41) is 3.94. The number of carbonyl (C=O) groups is 1. The zero-order valence-electron chi connectivity index (χ0n) is 15.6. The minimum absolute atomic E-state index is 0.128. The number of benzene rings is 2. The molecule has 0 bridgehead atoms. The highest BCUT2D eigenvalue weighted by molar-refractivity contribution is 6.30. The van der Waals surface area contributed by atoms with Crippen LogP contribution in [0.3, 0.4) is 0 Å². The van der Waals surface area contributed by atoms with E-state index in [-0.39, 0.29) is 11.9 Å². The van der Waals surface area contributed by atoms with Crippen molar-refractivity contribution in [3.05, 3.63) is 65.2 Å². The Kier molecular flexibility index (Phi) is 7.55. The summed E-state index contributed by atoms with van der Waals surface area (Å²) in [7, 11) is 0. The fourth-order valence-electron chi connectivity index (χ4n) is 3.32. The second-order valence-electron chi connectivity index (χ2n) is 7.01. The SMILES string of the molecule is O=C(CCCOc1ccccc1)NC1CCN(Cc2ccc(Cl)cc2)CC1. The first-order chi connectivity index (χ1) is 13.2. The maximum atomic E-state index is 12.1. The zero-order chi connectivity index (χ0) is 18.9. The van der Waals surface area contributed by atoms with Crippen molar-refractivity contribution in [3.63, 3.8) is 0 Å². The van der Waals surface area contributed by atoms with Gasteiger partial charge in [-0.05, 0) is 49.1 Å². The average Bonchev–Trinajstić information content (AvgIpc) is 2.69. The largest absolute Gasteiger partial charge is 0.494 e. The minimum atomic E-state index is 0.128. The van der Waals surface area contributed by atoms with Crippen molar-refractivity contribution in [1.29, 1.82) is 0 Å². The lowest BCUT2D eigenvalue weighted by molar-refractivity contribution is -0.122. The summed E-state index contributed by atoms with van der Waals surface area (Å²) in [6.45, 7) is 3.51. The summed E-state index contributed by atoms with van der Waals surface area (Å²) in [6, 6.07) is 18.0. The van der Waals surface area contributed by atoms with E-state index >= 15 is 0 Å². The molecule has 0 aliphatic carbocycles. The smallest absolute Gasteiger partial charge is 0.220 e. The number of amides is 1. The summed E-state index contributed by atoms with van der Waals surface area (Å²) in [5.74, 6) is 0.980. The highest BCUT2D eigenvalue weighted by atomic mass is 35.5. The van der Waals surface area contributed by atoms with Crippen molar-refractivity contribution in [2.24, 2.45) is 0 Å². The first kappa shape index (κ1) is 19.7. The van der Waals surface area contributed by atoms with E-state index in [2.05, 4.69) is 22.3 Å². The summed E-state index contributed by atoms with van der Waals surface area (Å²) >= 11 is 5.94. The number of hydrogen-bond acceptors (Lipinski definition) is 3. The van der Waals surface area contributed by atoms with Crippen LogP contribution >= 0.6 is 11.6 Å². The van der Waals surface area contributed by atoms with Gasteiger partial charge in [0.05, 0.1) is 6.61 Å². The van der Waals surface area contributed by atoms with Crippen molar-refractivity contribution >= 4 is 17.5 Å². The van der Waals surface area contributed by atoms with Gasteiger partial charge in [-0.2, -0.15) is 0 Å². The van der Waals surface area contributed by atoms with Gasteiger partial charge in [0.25, 0.3) is 0 Å². The number of rotatable bonds is 8. The number of carbonyl (C=O) groups excluding carboxylic acids is 1. The van der Waals surface area contributed by atoms with Crippen LogP contribution in [0.5, 0.6) is 5.75 Å². The quantitative estimate of drug-likeness (QED) is 0.688. The summed E-state index contributed by atoms with van der Waals surface area (Å²) < 4.78 is 5.63. The summed E-state index contributed by atoms with van der Waals surface area (Å²) in [5.41, 5.74) is 1.28. The van der Waals surface area contributed by atoms with Crippen LogP contribution < -0.4 is 10.1 Å². The van der Waals surface area contributed by atoms with Crippen LogP contribution in [-0.4, -0.2) is 36.5 Å². The van der Waals surface area contributed by atoms with Gasteiger partial charge in [0.2, 0.25) is 5.91 Å². The van der Waals surface area contributed by atoms with Gasteiger partial charge in [0.1, 0.15) is 5.75 Å². The molecule has 4 nitrogen and oxygen atoms in total. The molecule has 0 saturated carbocycles. The number of nitrogens with one attached hydrogen (secondary N) is 1. The van der Waals surface area contributed by atoms with Crippen LogP contribution in [0.1, 0.15) is 31.2 Å². The fraction of sp³-hybridized carbons (Fsp3) is 0.409. The molecule has 0 atom stereocenters. The molecule has 1 aliphatic rings. The molecule has 0 unspecified atom stereocenters. The van der Waals surface area contributed by atoms with Gasteiger partial charge in [0, 0.05) is 37.1 Å². The number of piperidine rings is 1. The molecule has 2 aromatic carbocycles. The molecule has 0 aromatic heterocycles. The van der Waals surface area contributed by atoms with E-state index in [9.17, 15) is 4.79 Å². The van der Waals surface area contributed by atoms with Crippen molar-refractivity contribution in [2.75, 3.05) is 19.7 Å². The highest BCUT2D eigenvalue weighted by Gasteiger charge is 2.20. The number of halogens is 1. The molecule has 1 heterocycles. The Morgan fingerprint density at radius 3 is 2.48 bits per heavy atom. The normalized spacial score (nSPS) is 15.4. The molecule has 144 valence electrons. The molecule has 0 spiro atoms. The monoisotopic (exact) mass is 386 g/mol. The number of ether oxygens (including phenoxy) is 1. The van der Waals surface area contributed by atoms with Crippen molar-refractivity contribution in [3.8, 4) is 5.75 Å². The number of nitrogens with zero attached hydrogens (tertiary/aromatic N) is 1. The second kappa shape index (κ2) is 10.3. The first-order valence-corrected chi connectivity index (χ1v) is 10.0. The van der Waals surface area contributed by atoms with Gasteiger partial charge in [-0.15, -0.1) is 0 Å². The lowest BCUT2D eigenvalue weighted by Crippen LogP contribution is -2.44. The Bertz CT molecular complexity index is 698. The molecule has 2 aromatic rings. The minimum Gasteiger partial charge on any atom is -0.494 e. The van der Waals surface area contributed by atoms with Crippen LogP contribution in [0, 0.1) is 0 Å². The summed E-state index contributed by atoms with van der Waals surface area (Å²) in [6.07, 6.45) is 3.24. The van der Waals surface area contributed by atoms with Crippen LogP contribution in [0.15, 0.2) is 54.6 Å². The van der Waals surface area contributed by atoms with E-state index in [1.165, 1.54) is 5.56 Å². The van der Waals surface area contributed by atoms with Crippen LogP contribution in [-0.2, 0) is 11.3 Å². The predicted octanol–water partition coefficient (Wildman–Crippen LogP) is 4.28. The molecule has 1 amide bonds. The first-order valence-electron chi connectivity index (χ1n) is 9.63. The molecule has 1 aliphatic heterocycles. The Labute approximate surface area is 166 Å². The Morgan fingerprint density at radius 1 is 1.07 bits per heavy atom. The lowest BCUT2D eigenvalue weighted by Gasteiger charge is -2.32. The summed E-state index contributed by atoms with van der Waals surface area (Å²) in [4.78, 5) is 14.6. The Balaban J connectivity index is 1.29. The second-order valence-corrected chi connectivity index (χ2v) is 7.45. The van der Waals surface area contributed by atoms with Gasteiger partial charge in [-0.25, -0.2) is 0 Å². The number of hydrogen-bond donors (Lipinski definition) is 1. The van der Waals surface area contributed by atoms with E-state index < -0.39 is 0 Å².